The third-order valence-electron chi connectivity index (χ3n) is 2.02. The molecule has 4 nitrogen and oxygen atoms in total. The molecular weight excluding hydrogens is 226 g/mol. The number of aromatic nitrogens is 2. The van der Waals surface area contributed by atoms with E-state index in [0.717, 1.165) is 5.69 Å². The first-order valence-corrected chi connectivity index (χ1v) is 5.12. The van der Waals surface area contributed by atoms with Gasteiger partial charge in [0, 0.05) is 16.4 Å². The summed E-state index contributed by atoms with van der Waals surface area (Å²) in [6.07, 6.45) is 0. The van der Waals surface area contributed by atoms with Crippen molar-refractivity contribution in [3.05, 3.63) is 46.7 Å². The Labute approximate surface area is 97.6 Å². The van der Waals surface area contributed by atoms with Crippen LogP contribution in [0.5, 0.6) is 0 Å². The third kappa shape index (κ3) is 2.41. The van der Waals surface area contributed by atoms with Crippen molar-refractivity contribution in [2.45, 2.75) is 6.92 Å². The van der Waals surface area contributed by atoms with Gasteiger partial charge < -0.3 is 5.32 Å². The van der Waals surface area contributed by atoms with Crippen molar-refractivity contribution in [3.8, 4) is 0 Å². The van der Waals surface area contributed by atoms with Crippen LogP contribution in [0.1, 0.15) is 16.2 Å². The predicted molar refractivity (Wildman–Crippen MR) is 62.7 cm³/mol. The fraction of sp³-hybridized carbons (Fsp3) is 0.0909. The lowest BCUT2D eigenvalue weighted by Gasteiger charge is -2.02. The van der Waals surface area contributed by atoms with Gasteiger partial charge in [-0.25, -0.2) is 0 Å². The first-order chi connectivity index (χ1) is 7.65. The Kier molecular flexibility index (Phi) is 2.92. The van der Waals surface area contributed by atoms with Gasteiger partial charge in [-0.3, -0.25) is 9.89 Å². The number of carbonyl (C=O) groups is 1. The summed E-state index contributed by atoms with van der Waals surface area (Å²) in [5, 5.41) is 9.86. The Morgan fingerprint density at radius 3 is 2.88 bits per heavy atom. The highest BCUT2D eigenvalue weighted by Gasteiger charge is 2.09. The molecule has 0 bridgehead atoms. The number of H-pyrrole nitrogens is 1. The van der Waals surface area contributed by atoms with E-state index < -0.39 is 0 Å². The van der Waals surface area contributed by atoms with Crippen LogP contribution in [0.3, 0.4) is 0 Å². The second-order valence-electron chi connectivity index (χ2n) is 3.40. The molecule has 0 aliphatic carbocycles. The maximum absolute atomic E-state index is 11.7. The summed E-state index contributed by atoms with van der Waals surface area (Å²) in [7, 11) is 0. The van der Waals surface area contributed by atoms with Gasteiger partial charge in [-0.05, 0) is 31.2 Å². The Morgan fingerprint density at radius 1 is 1.44 bits per heavy atom. The molecule has 0 atom stereocenters. The molecule has 82 valence electrons. The molecule has 1 amide bonds. The molecule has 2 aromatic rings. The van der Waals surface area contributed by atoms with Crippen LogP contribution in [0.4, 0.5) is 5.69 Å². The molecule has 0 saturated heterocycles. The average molecular weight is 236 g/mol. The molecule has 0 unspecified atom stereocenters. The normalized spacial score (nSPS) is 10.1. The Hall–Kier alpha value is -1.81. The molecule has 0 fully saturated rings. The molecule has 2 rings (SSSR count). The Bertz CT molecular complexity index is 521. The minimum atomic E-state index is -0.258. The Morgan fingerprint density at radius 2 is 2.25 bits per heavy atom. The number of anilines is 1. The van der Waals surface area contributed by atoms with Crippen LogP contribution in [0.2, 0.25) is 5.02 Å². The zero-order valence-electron chi connectivity index (χ0n) is 8.62. The van der Waals surface area contributed by atoms with Gasteiger partial charge in [0.15, 0.2) is 5.69 Å². The van der Waals surface area contributed by atoms with Gasteiger partial charge in [0.2, 0.25) is 0 Å². The number of nitrogens with zero attached hydrogens (tertiary/aromatic N) is 1. The summed E-state index contributed by atoms with van der Waals surface area (Å²) in [5.74, 6) is -0.258. The SMILES string of the molecule is Cc1cc(C(=O)Nc2cccc(Cl)c2)n[nH]1. The number of benzene rings is 1. The van der Waals surface area contributed by atoms with Gasteiger partial charge in [-0.1, -0.05) is 17.7 Å². The van der Waals surface area contributed by atoms with E-state index in [0.29, 0.717) is 16.4 Å². The number of halogens is 1. The van der Waals surface area contributed by atoms with Crippen molar-refractivity contribution in [1.29, 1.82) is 0 Å². The summed E-state index contributed by atoms with van der Waals surface area (Å²) in [5.41, 5.74) is 1.85. The molecule has 0 saturated carbocycles. The molecule has 0 radical (unpaired) electrons. The van der Waals surface area contributed by atoms with Gasteiger partial charge >= 0.3 is 0 Å². The second-order valence-corrected chi connectivity index (χ2v) is 3.84. The van der Waals surface area contributed by atoms with Crippen LogP contribution in [0.25, 0.3) is 0 Å². The number of nitrogens with one attached hydrogen (secondary N) is 2. The highest BCUT2D eigenvalue weighted by atomic mass is 35.5. The molecule has 1 heterocycles. The zero-order chi connectivity index (χ0) is 11.5. The maximum atomic E-state index is 11.7. The van der Waals surface area contributed by atoms with Crippen molar-refractivity contribution in [1.82, 2.24) is 10.2 Å². The van der Waals surface area contributed by atoms with E-state index >= 15 is 0 Å². The molecular formula is C11H10ClN3O. The molecule has 2 N–H and O–H groups in total. The lowest BCUT2D eigenvalue weighted by atomic mass is 10.3. The predicted octanol–water partition coefficient (Wildman–Crippen LogP) is 2.62. The Balaban J connectivity index is 2.13. The molecule has 16 heavy (non-hydrogen) atoms. The summed E-state index contributed by atoms with van der Waals surface area (Å²) < 4.78 is 0. The minimum absolute atomic E-state index is 0.258. The second kappa shape index (κ2) is 4.37. The lowest BCUT2D eigenvalue weighted by molar-refractivity contribution is 0.102. The van der Waals surface area contributed by atoms with Crippen LogP contribution in [-0.4, -0.2) is 16.1 Å². The summed E-state index contributed by atoms with van der Waals surface area (Å²) in [4.78, 5) is 11.7. The van der Waals surface area contributed by atoms with E-state index in [1.54, 1.807) is 30.3 Å². The zero-order valence-corrected chi connectivity index (χ0v) is 9.38. The van der Waals surface area contributed by atoms with Gasteiger partial charge in [0.1, 0.15) is 0 Å². The van der Waals surface area contributed by atoms with Gasteiger partial charge in [-0.2, -0.15) is 5.10 Å². The van der Waals surface area contributed by atoms with Crippen molar-refractivity contribution in [2.75, 3.05) is 5.32 Å². The maximum Gasteiger partial charge on any atom is 0.276 e. The summed E-state index contributed by atoms with van der Waals surface area (Å²) >= 11 is 5.81. The number of amides is 1. The minimum Gasteiger partial charge on any atom is -0.321 e. The average Bonchev–Trinajstić information content (AvgIpc) is 2.65. The number of rotatable bonds is 2. The van der Waals surface area contributed by atoms with Crippen LogP contribution in [0.15, 0.2) is 30.3 Å². The topological polar surface area (TPSA) is 57.8 Å². The molecule has 0 aliphatic rings. The van der Waals surface area contributed by atoms with E-state index in [4.69, 9.17) is 11.6 Å². The highest BCUT2D eigenvalue weighted by Crippen LogP contribution is 2.15. The van der Waals surface area contributed by atoms with Gasteiger partial charge in [0.25, 0.3) is 5.91 Å². The van der Waals surface area contributed by atoms with Crippen molar-refractivity contribution in [2.24, 2.45) is 0 Å². The summed E-state index contributed by atoms with van der Waals surface area (Å²) in [6.45, 7) is 1.84. The van der Waals surface area contributed by atoms with Gasteiger partial charge in [-0.15, -0.1) is 0 Å². The monoisotopic (exact) mass is 235 g/mol. The molecule has 1 aromatic carbocycles. The fourth-order valence-corrected chi connectivity index (χ4v) is 1.49. The van der Waals surface area contributed by atoms with Crippen LogP contribution in [0, 0.1) is 6.92 Å². The quantitative estimate of drug-likeness (QED) is 0.841. The number of hydrogen-bond donors (Lipinski definition) is 2. The van der Waals surface area contributed by atoms with E-state index in [9.17, 15) is 4.79 Å². The standard InChI is InChI=1S/C11H10ClN3O/c1-7-5-10(15-14-7)11(16)13-9-4-2-3-8(12)6-9/h2-6H,1H3,(H,13,16)(H,14,15). The number of carbonyl (C=O) groups excluding carboxylic acids is 1. The largest absolute Gasteiger partial charge is 0.321 e. The van der Waals surface area contributed by atoms with Crippen molar-refractivity contribution < 1.29 is 4.79 Å². The van der Waals surface area contributed by atoms with E-state index in [1.165, 1.54) is 0 Å². The highest BCUT2D eigenvalue weighted by molar-refractivity contribution is 6.30. The van der Waals surface area contributed by atoms with E-state index in [-0.39, 0.29) is 5.91 Å². The smallest absolute Gasteiger partial charge is 0.276 e. The molecule has 0 spiro atoms. The van der Waals surface area contributed by atoms with Crippen LogP contribution >= 0.6 is 11.6 Å². The number of aromatic amines is 1. The summed E-state index contributed by atoms with van der Waals surface area (Å²) in [6, 6.07) is 8.64. The van der Waals surface area contributed by atoms with Crippen molar-refractivity contribution >= 4 is 23.2 Å². The third-order valence-corrected chi connectivity index (χ3v) is 2.26. The fourth-order valence-electron chi connectivity index (χ4n) is 1.30. The van der Waals surface area contributed by atoms with Crippen LogP contribution in [-0.2, 0) is 0 Å². The molecule has 0 aliphatic heterocycles. The first kappa shape index (κ1) is 10.7. The number of hydrogen-bond acceptors (Lipinski definition) is 2. The van der Waals surface area contributed by atoms with E-state index in [1.807, 2.05) is 6.92 Å². The van der Waals surface area contributed by atoms with Crippen molar-refractivity contribution in [3.63, 3.8) is 0 Å². The molecule has 5 heteroatoms. The number of aryl methyl sites for hydroxylation is 1. The van der Waals surface area contributed by atoms with E-state index in [2.05, 4.69) is 15.5 Å². The first-order valence-electron chi connectivity index (χ1n) is 4.74. The van der Waals surface area contributed by atoms with Gasteiger partial charge in [0.05, 0.1) is 0 Å². The molecule has 1 aromatic heterocycles. The lowest BCUT2D eigenvalue weighted by Crippen LogP contribution is -2.12. The van der Waals surface area contributed by atoms with Crippen LogP contribution < -0.4 is 5.32 Å².